The van der Waals surface area contributed by atoms with Crippen LogP contribution in [0.5, 0.6) is 11.5 Å². The maximum absolute atomic E-state index is 6.27. The van der Waals surface area contributed by atoms with Crippen LogP contribution < -0.4 is 15.2 Å². The summed E-state index contributed by atoms with van der Waals surface area (Å²) in [6.45, 7) is 2.68. The van der Waals surface area contributed by atoms with Gasteiger partial charge in [-0.05, 0) is 40.9 Å². The van der Waals surface area contributed by atoms with E-state index in [4.69, 9.17) is 26.8 Å². The van der Waals surface area contributed by atoms with Gasteiger partial charge in [-0.15, -0.1) is 0 Å². The van der Waals surface area contributed by atoms with Gasteiger partial charge in [0.05, 0.1) is 18.7 Å². The van der Waals surface area contributed by atoms with E-state index in [9.17, 15) is 0 Å². The molecule has 0 spiro atoms. The molecule has 0 fully saturated rings. The fourth-order valence-electron chi connectivity index (χ4n) is 1.84. The Kier molecular flexibility index (Phi) is 5.56. The lowest BCUT2D eigenvalue weighted by Gasteiger charge is -2.20. The Morgan fingerprint density at radius 1 is 1.35 bits per heavy atom. The van der Waals surface area contributed by atoms with Crippen LogP contribution in [0.4, 0.5) is 0 Å². The first kappa shape index (κ1) is 14.6. The minimum absolute atomic E-state index is 0.226. The smallest absolute Gasteiger partial charge is 0.175 e. The summed E-state index contributed by atoms with van der Waals surface area (Å²) in [5.41, 5.74) is 6.53. The molecule has 0 amide bonds. The Morgan fingerprint density at radius 3 is 2.41 bits per heavy atom. The van der Waals surface area contributed by atoms with Gasteiger partial charge in [0.25, 0.3) is 0 Å². The van der Waals surface area contributed by atoms with Gasteiger partial charge in [0.1, 0.15) is 0 Å². The van der Waals surface area contributed by atoms with Crippen molar-refractivity contribution in [2.75, 3.05) is 20.8 Å². The van der Waals surface area contributed by atoms with E-state index in [0.29, 0.717) is 23.1 Å². The molecule has 1 aromatic rings. The molecule has 1 aromatic carbocycles. The van der Waals surface area contributed by atoms with E-state index in [-0.39, 0.29) is 5.92 Å². The summed E-state index contributed by atoms with van der Waals surface area (Å²) in [7, 11) is 3.22. The highest BCUT2D eigenvalue weighted by Gasteiger charge is 2.21. The zero-order valence-electron chi connectivity index (χ0n) is 10.2. The molecule has 3 nitrogen and oxygen atoms in total. The number of rotatable bonds is 5. The molecule has 0 aliphatic rings. The van der Waals surface area contributed by atoms with E-state index < -0.39 is 0 Å². The number of nitrogens with two attached hydrogens (primary N) is 1. The number of ether oxygens (including phenoxy) is 2. The van der Waals surface area contributed by atoms with Gasteiger partial charge in [-0.1, -0.05) is 18.5 Å². The fourth-order valence-corrected chi connectivity index (χ4v) is 2.92. The Morgan fingerprint density at radius 2 is 1.94 bits per heavy atom. The quantitative estimate of drug-likeness (QED) is 0.901. The summed E-state index contributed by atoms with van der Waals surface area (Å²) in [6, 6.07) is 1.82. The molecule has 96 valence electrons. The van der Waals surface area contributed by atoms with Gasteiger partial charge < -0.3 is 15.2 Å². The highest BCUT2D eigenvalue weighted by atomic mass is 79.9. The zero-order chi connectivity index (χ0) is 13.0. The minimum Gasteiger partial charge on any atom is -0.492 e. The van der Waals surface area contributed by atoms with Crippen LogP contribution in [0.15, 0.2) is 10.5 Å². The first-order valence-electron chi connectivity index (χ1n) is 5.36. The number of halogens is 2. The van der Waals surface area contributed by atoms with Crippen LogP contribution >= 0.6 is 27.5 Å². The standard InChI is InChI=1S/C12H17BrClNO2/c1-7(4-5-15)10-9(14)6-8(13)11(16-2)12(10)17-3/h6-7H,4-5,15H2,1-3H3. The van der Waals surface area contributed by atoms with Gasteiger partial charge in [-0.2, -0.15) is 0 Å². The average Bonchev–Trinajstić information content (AvgIpc) is 2.28. The Bertz CT molecular complexity index is 399. The molecule has 0 heterocycles. The number of hydrogen-bond acceptors (Lipinski definition) is 3. The molecule has 1 rings (SSSR count). The molecule has 0 aliphatic carbocycles. The number of hydrogen-bond donors (Lipinski definition) is 1. The summed E-state index contributed by atoms with van der Waals surface area (Å²) in [5, 5.41) is 0.662. The molecular formula is C12H17BrClNO2. The minimum atomic E-state index is 0.226. The van der Waals surface area contributed by atoms with Crippen LogP contribution in [0.1, 0.15) is 24.8 Å². The van der Waals surface area contributed by atoms with Crippen molar-refractivity contribution in [1.82, 2.24) is 0 Å². The van der Waals surface area contributed by atoms with Crippen molar-refractivity contribution in [2.24, 2.45) is 5.73 Å². The average molecular weight is 323 g/mol. The summed E-state index contributed by atoms with van der Waals surface area (Å²) in [5.74, 6) is 1.56. The Labute approximate surface area is 115 Å². The van der Waals surface area contributed by atoms with Crippen molar-refractivity contribution in [2.45, 2.75) is 19.3 Å². The molecule has 0 saturated heterocycles. The molecule has 0 radical (unpaired) electrons. The molecule has 0 aliphatic heterocycles. The second kappa shape index (κ2) is 6.47. The zero-order valence-corrected chi connectivity index (χ0v) is 12.6. The summed E-state index contributed by atoms with van der Waals surface area (Å²) in [6.07, 6.45) is 0.848. The van der Waals surface area contributed by atoms with Crippen LogP contribution in [0.25, 0.3) is 0 Å². The molecule has 2 N–H and O–H groups in total. The van der Waals surface area contributed by atoms with Crippen molar-refractivity contribution in [3.63, 3.8) is 0 Å². The first-order valence-corrected chi connectivity index (χ1v) is 6.53. The predicted octanol–water partition coefficient (Wildman–Crippen LogP) is 3.57. The van der Waals surface area contributed by atoms with Crippen molar-refractivity contribution in [3.05, 3.63) is 21.1 Å². The van der Waals surface area contributed by atoms with Crippen molar-refractivity contribution >= 4 is 27.5 Å². The normalized spacial score (nSPS) is 12.4. The van der Waals surface area contributed by atoms with Crippen LogP contribution in [-0.4, -0.2) is 20.8 Å². The van der Waals surface area contributed by atoms with Crippen molar-refractivity contribution in [1.29, 1.82) is 0 Å². The maximum atomic E-state index is 6.27. The lowest BCUT2D eigenvalue weighted by Crippen LogP contribution is -2.07. The van der Waals surface area contributed by atoms with Crippen LogP contribution in [0, 0.1) is 0 Å². The fraction of sp³-hybridized carbons (Fsp3) is 0.500. The van der Waals surface area contributed by atoms with E-state index in [2.05, 4.69) is 22.9 Å². The highest BCUT2D eigenvalue weighted by Crippen LogP contribution is 2.45. The van der Waals surface area contributed by atoms with E-state index in [1.165, 1.54) is 0 Å². The third kappa shape index (κ3) is 3.06. The SMILES string of the molecule is COc1c(Br)cc(Cl)c(C(C)CCN)c1OC. The monoisotopic (exact) mass is 321 g/mol. The largest absolute Gasteiger partial charge is 0.492 e. The van der Waals surface area contributed by atoms with E-state index in [1.54, 1.807) is 14.2 Å². The molecule has 1 atom stereocenters. The second-order valence-electron chi connectivity index (χ2n) is 3.80. The van der Waals surface area contributed by atoms with Gasteiger partial charge in [0.2, 0.25) is 0 Å². The molecule has 17 heavy (non-hydrogen) atoms. The van der Waals surface area contributed by atoms with E-state index in [1.807, 2.05) is 6.07 Å². The maximum Gasteiger partial charge on any atom is 0.175 e. The van der Waals surface area contributed by atoms with Gasteiger partial charge >= 0.3 is 0 Å². The van der Waals surface area contributed by atoms with Gasteiger partial charge in [-0.25, -0.2) is 0 Å². The predicted molar refractivity (Wildman–Crippen MR) is 74.3 cm³/mol. The summed E-state index contributed by atoms with van der Waals surface area (Å²) in [4.78, 5) is 0. The molecule has 0 saturated carbocycles. The number of benzene rings is 1. The summed E-state index contributed by atoms with van der Waals surface area (Å²) < 4.78 is 11.5. The third-order valence-corrected chi connectivity index (χ3v) is 3.58. The third-order valence-electron chi connectivity index (χ3n) is 2.68. The second-order valence-corrected chi connectivity index (χ2v) is 5.06. The molecular weight excluding hydrogens is 305 g/mol. The summed E-state index contributed by atoms with van der Waals surface area (Å²) >= 11 is 9.67. The Hall–Kier alpha value is -0.450. The van der Waals surface area contributed by atoms with Crippen molar-refractivity contribution < 1.29 is 9.47 Å². The van der Waals surface area contributed by atoms with Gasteiger partial charge in [-0.3, -0.25) is 0 Å². The van der Waals surface area contributed by atoms with Gasteiger partial charge in [0, 0.05) is 10.6 Å². The molecule has 1 unspecified atom stereocenters. The molecule has 5 heteroatoms. The van der Waals surface area contributed by atoms with Crippen LogP contribution in [0.2, 0.25) is 5.02 Å². The highest BCUT2D eigenvalue weighted by molar-refractivity contribution is 9.10. The van der Waals surface area contributed by atoms with Gasteiger partial charge in [0.15, 0.2) is 11.5 Å². The molecule has 0 aromatic heterocycles. The van der Waals surface area contributed by atoms with E-state index >= 15 is 0 Å². The number of methoxy groups -OCH3 is 2. The van der Waals surface area contributed by atoms with Crippen LogP contribution in [0.3, 0.4) is 0 Å². The van der Waals surface area contributed by atoms with E-state index in [0.717, 1.165) is 16.5 Å². The van der Waals surface area contributed by atoms with Crippen molar-refractivity contribution in [3.8, 4) is 11.5 Å². The lowest BCUT2D eigenvalue weighted by molar-refractivity contribution is 0.347. The lowest BCUT2D eigenvalue weighted by atomic mass is 9.96. The Balaban J connectivity index is 3.36. The molecule has 0 bridgehead atoms. The topological polar surface area (TPSA) is 44.5 Å². The van der Waals surface area contributed by atoms with Crippen LogP contribution in [-0.2, 0) is 0 Å². The first-order chi connectivity index (χ1) is 8.06.